The molecule has 0 atom stereocenters. The van der Waals surface area contributed by atoms with Crippen molar-refractivity contribution >= 4 is 16.2 Å². The molecular weight excluding hydrogens is 222 g/mol. The quantitative estimate of drug-likeness (QED) is 0.306. The molecule has 0 saturated carbocycles. The molecule has 0 aromatic heterocycles. The van der Waals surface area contributed by atoms with Crippen molar-refractivity contribution in [2.75, 3.05) is 0 Å². The van der Waals surface area contributed by atoms with Crippen molar-refractivity contribution in [3.8, 4) is 0 Å². The zero-order valence-electron chi connectivity index (χ0n) is 4.78. The molecule has 0 saturated heterocycles. The predicted octanol–water partition coefficient (Wildman–Crippen LogP) is -4.56. The Balaban J connectivity index is -0.000000107. The second-order valence-electron chi connectivity index (χ2n) is 0.895. The van der Waals surface area contributed by atoms with Crippen LogP contribution in [0.25, 0.3) is 0 Å². The van der Waals surface area contributed by atoms with Gasteiger partial charge in [-0.2, -0.15) is 7.82 Å². The van der Waals surface area contributed by atoms with Crippen LogP contribution in [-0.4, -0.2) is 16.7 Å². The van der Waals surface area contributed by atoms with E-state index >= 15 is 0 Å². The molecule has 0 amide bonds. The van der Waals surface area contributed by atoms with E-state index in [1.54, 1.807) is 0 Å². The molecule has 0 spiro atoms. The Hall–Kier alpha value is 0.227. The summed E-state index contributed by atoms with van der Waals surface area (Å²) >= 11 is -5.25. The van der Waals surface area contributed by atoms with E-state index in [-0.39, 0.29) is 8.41 Å². The first kappa shape index (κ1) is 17.3. The summed E-state index contributed by atoms with van der Waals surface area (Å²) < 4.78 is 40.4. The van der Waals surface area contributed by atoms with Gasteiger partial charge in [0.2, 0.25) is 0 Å². The Bertz CT molecular complexity index is 192. The molecule has 0 aliphatic rings. The number of rotatable bonds is 0. The van der Waals surface area contributed by atoms with Crippen molar-refractivity contribution in [3.05, 3.63) is 0 Å². The van der Waals surface area contributed by atoms with Gasteiger partial charge < -0.3 is 19.2 Å². The van der Waals surface area contributed by atoms with Crippen LogP contribution in [0.3, 0.4) is 0 Å². The van der Waals surface area contributed by atoms with E-state index in [1.165, 1.54) is 0 Å². The first-order chi connectivity index (χ1) is 4.00. The van der Waals surface area contributed by atoms with E-state index < -0.39 is 21.4 Å². The van der Waals surface area contributed by atoms with Crippen LogP contribution in [0.2, 0.25) is 0 Å². The van der Waals surface area contributed by atoms with Crippen molar-refractivity contribution in [1.82, 2.24) is 0 Å². The maximum absolute atomic E-state index is 8.82. The molecule has 0 aliphatic heterocycles. The van der Waals surface area contributed by atoms with Crippen LogP contribution < -0.4 is 14.7 Å². The van der Waals surface area contributed by atoms with E-state index in [9.17, 15) is 0 Å². The van der Waals surface area contributed by atoms with Crippen molar-refractivity contribution in [1.29, 1.82) is 0 Å². The Kier molecular flexibility index (Phi) is 9.19. The van der Waals surface area contributed by atoms with Crippen molar-refractivity contribution in [2.45, 2.75) is 0 Å². The zero-order chi connectivity index (χ0) is 9.00. The van der Waals surface area contributed by atoms with E-state index in [4.69, 9.17) is 35.2 Å². The third-order valence-electron chi connectivity index (χ3n) is 0. The summed E-state index contributed by atoms with van der Waals surface area (Å²) in [4.78, 5) is 25.6. The normalized spacial score (nSPS) is 10.6. The molecule has 0 rings (SSSR count). The van der Waals surface area contributed by atoms with Crippen LogP contribution in [0.4, 0.5) is 0 Å². The van der Waals surface area contributed by atoms with Crippen molar-refractivity contribution in [2.24, 2.45) is 0 Å². The second-order valence-corrected chi connectivity index (χ2v) is 3.19. The summed E-state index contributed by atoms with van der Waals surface area (Å²) in [5.74, 6) is 0. The summed E-state index contributed by atoms with van der Waals surface area (Å²) in [6.07, 6.45) is 0. The van der Waals surface area contributed by atoms with Gasteiger partial charge in [0, 0.05) is 0 Å². The van der Waals surface area contributed by atoms with Crippen LogP contribution in [-0.2, 0) is 25.8 Å². The molecule has 0 heterocycles. The summed E-state index contributed by atoms with van der Waals surface area (Å²) in [5, 5.41) is 0. The third kappa shape index (κ3) is 13400. The molecule has 0 aromatic carbocycles. The predicted molar refractivity (Wildman–Crippen MR) is 19.2 cm³/mol. The Morgan fingerprint density at radius 3 is 1.09 bits per heavy atom. The number of hydrogen-bond donors (Lipinski definition) is 2. The topological polar surface area (TPSA) is 161 Å². The van der Waals surface area contributed by atoms with Gasteiger partial charge in [0.1, 0.15) is 0 Å². The molecule has 0 fully saturated rings. The molecule has 64 valence electrons. The SMILES string of the molecule is O=P([O-])([O-])[O-].[B+3].[O]=[Cr](=[O])([OH])[OH]. The van der Waals surface area contributed by atoms with Crippen LogP contribution in [0, 0.1) is 0 Å². The molecule has 8 nitrogen and oxygen atoms in total. The van der Waals surface area contributed by atoms with Crippen LogP contribution in [0.5, 0.6) is 0 Å². The number of phosphoric acid groups is 1. The van der Waals surface area contributed by atoms with Crippen molar-refractivity contribution in [3.63, 3.8) is 0 Å². The van der Waals surface area contributed by atoms with Crippen molar-refractivity contribution < 1.29 is 48.8 Å². The molecule has 0 bridgehead atoms. The average molecular weight is 224 g/mol. The van der Waals surface area contributed by atoms with Gasteiger partial charge in [0.25, 0.3) is 0 Å². The van der Waals surface area contributed by atoms with Gasteiger partial charge in [-0.05, 0) is 0 Å². The van der Waals surface area contributed by atoms with Gasteiger partial charge in [-0.1, -0.05) is 0 Å². The molecule has 11 heteroatoms. The van der Waals surface area contributed by atoms with Crippen LogP contribution in [0.1, 0.15) is 0 Å². The second kappa shape index (κ2) is 5.82. The molecule has 0 radical (unpaired) electrons. The summed E-state index contributed by atoms with van der Waals surface area (Å²) in [5.41, 5.74) is 0. The minimum atomic E-state index is -5.39. The maximum atomic E-state index is 8.82. The first-order valence-corrected chi connectivity index (χ1v) is 5.07. The Labute approximate surface area is 65.7 Å². The van der Waals surface area contributed by atoms with Crippen LogP contribution in [0.15, 0.2) is 0 Å². The molecular formula is H2BCrO8P. The fourth-order valence-corrected chi connectivity index (χ4v) is 0. The fourth-order valence-electron chi connectivity index (χ4n) is 0. The summed E-state index contributed by atoms with van der Waals surface area (Å²) in [6, 6.07) is 0. The third-order valence-corrected chi connectivity index (χ3v) is 0. The average Bonchev–Trinajstić information content (AvgIpc) is 1.12. The van der Waals surface area contributed by atoms with E-state index in [0.29, 0.717) is 0 Å². The molecule has 0 aromatic rings. The molecule has 0 unspecified atom stereocenters. The summed E-state index contributed by atoms with van der Waals surface area (Å²) in [7, 11) is -5.39. The van der Waals surface area contributed by atoms with Gasteiger partial charge in [0.05, 0.1) is 0 Å². The van der Waals surface area contributed by atoms with Crippen LogP contribution >= 0.6 is 7.82 Å². The summed E-state index contributed by atoms with van der Waals surface area (Å²) in [6.45, 7) is 0. The molecule has 11 heavy (non-hydrogen) atoms. The van der Waals surface area contributed by atoms with E-state index in [0.717, 1.165) is 0 Å². The standard InChI is InChI=1S/B.Cr.H3O4P.2H2O.2O/c;;1-5(2,3)4;;;;/h;;(H3,1,2,3,4);2*1H2;;/q+3;+2;;;;;/p-5. The first-order valence-electron chi connectivity index (χ1n) is 1.43. The number of hydrogen-bond acceptors (Lipinski definition) is 6. The monoisotopic (exact) mass is 224 g/mol. The Morgan fingerprint density at radius 1 is 1.09 bits per heavy atom. The van der Waals surface area contributed by atoms with E-state index in [2.05, 4.69) is 0 Å². The van der Waals surface area contributed by atoms with Gasteiger partial charge >= 0.3 is 37.9 Å². The van der Waals surface area contributed by atoms with Gasteiger partial charge in [-0.25, -0.2) is 0 Å². The zero-order valence-corrected chi connectivity index (χ0v) is 6.95. The van der Waals surface area contributed by atoms with Gasteiger partial charge in [-0.15, -0.1) is 0 Å². The van der Waals surface area contributed by atoms with Gasteiger partial charge in [-0.3, -0.25) is 0 Å². The van der Waals surface area contributed by atoms with E-state index in [1.807, 2.05) is 0 Å². The Morgan fingerprint density at radius 2 is 1.09 bits per heavy atom. The molecule has 0 aliphatic carbocycles. The minimum absolute atomic E-state index is 0. The molecule has 2 N–H and O–H groups in total. The fraction of sp³-hybridized carbons (Fsp3) is 0. The van der Waals surface area contributed by atoms with Gasteiger partial charge in [0.15, 0.2) is 0 Å².